The van der Waals surface area contributed by atoms with E-state index in [1.165, 1.54) is 15.9 Å². The van der Waals surface area contributed by atoms with E-state index in [9.17, 15) is 0 Å². The van der Waals surface area contributed by atoms with Gasteiger partial charge in [0.25, 0.3) is 0 Å². The van der Waals surface area contributed by atoms with Gasteiger partial charge in [-0.2, -0.15) is 0 Å². The van der Waals surface area contributed by atoms with E-state index in [0.29, 0.717) is 47.2 Å². The van der Waals surface area contributed by atoms with Crippen LogP contribution in [0, 0.1) is 51.4 Å². The fourth-order valence-corrected chi connectivity index (χ4v) is 0. The Morgan fingerprint density at radius 1 is 1.50 bits per heavy atom. The summed E-state index contributed by atoms with van der Waals surface area (Å²) in [5.41, 5.74) is 0. The van der Waals surface area contributed by atoms with Crippen LogP contribution in [0.25, 0.3) is 0 Å². The van der Waals surface area contributed by atoms with Crippen LogP contribution in [0.2, 0.25) is 0 Å². The predicted octanol–water partition coefficient (Wildman–Crippen LogP) is -0.485. The first-order chi connectivity index (χ1) is 2.00. The summed E-state index contributed by atoms with van der Waals surface area (Å²) in [7, 11) is 0. The fourth-order valence-electron chi connectivity index (χ4n) is 0. The molecule has 0 aromatic carbocycles. The van der Waals surface area contributed by atoms with E-state index in [-0.39, 0.29) is 0 Å². The van der Waals surface area contributed by atoms with Gasteiger partial charge < -0.3 is 0 Å². The quantitative estimate of drug-likeness (QED) is 0.505. The average Bonchev–Trinajstić information content (AvgIpc) is 1.50. The van der Waals surface area contributed by atoms with Gasteiger partial charge in [0.2, 0.25) is 0 Å². The Morgan fingerprint density at radius 3 is 1.50 bits per heavy atom. The maximum absolute atomic E-state index is 8.31. The molecule has 0 spiro atoms. The molecule has 0 aliphatic carbocycles. The van der Waals surface area contributed by atoms with Crippen molar-refractivity contribution in [2.45, 2.75) is 0 Å². The third-order valence-electron chi connectivity index (χ3n) is 0. The Morgan fingerprint density at radius 2 is 1.50 bits per heavy atom. The summed E-state index contributed by atoms with van der Waals surface area (Å²) in [4.78, 5) is 0. The van der Waals surface area contributed by atoms with Crippen molar-refractivity contribution in [2.24, 2.45) is 0 Å². The monoisotopic (exact) mass is 210 g/mol. The van der Waals surface area contributed by atoms with Gasteiger partial charge in [-0.25, -0.2) is 0 Å². The van der Waals surface area contributed by atoms with Crippen molar-refractivity contribution in [1.29, 1.82) is 4.17 Å². The van der Waals surface area contributed by atoms with Crippen LogP contribution in [0.4, 0.5) is 0 Å². The summed E-state index contributed by atoms with van der Waals surface area (Å²) in [6, 6.07) is 0. The average molecular weight is 209 g/mol. The van der Waals surface area contributed by atoms with Crippen molar-refractivity contribution in [1.82, 2.24) is 0 Å². The topological polar surface area (TPSA) is 40.9 Å². The molecule has 0 unspecified atom stereocenters. The van der Waals surface area contributed by atoms with E-state index in [0.717, 1.165) is 0 Å². The Labute approximate surface area is 65.8 Å². The van der Waals surface area contributed by atoms with Crippen molar-refractivity contribution in [3.05, 3.63) is 0 Å². The SMILES string of the molecule is [N]#[Al].[O]=[Eu]. The molecule has 0 N–H and O–H groups in total. The molecule has 0 bridgehead atoms. The van der Waals surface area contributed by atoms with Gasteiger partial charge >= 0.3 is 67.3 Å². The van der Waals surface area contributed by atoms with Gasteiger partial charge in [-0.3, -0.25) is 0 Å². The molecule has 0 aliphatic rings. The van der Waals surface area contributed by atoms with Gasteiger partial charge in [0.1, 0.15) is 0 Å². The second kappa shape index (κ2) is 23.0. The van der Waals surface area contributed by atoms with Gasteiger partial charge in [0, 0.05) is 0 Å². The van der Waals surface area contributed by atoms with Crippen molar-refractivity contribution >= 4 is 15.9 Å². The van der Waals surface area contributed by atoms with Gasteiger partial charge in [-0.1, -0.05) is 0 Å². The summed E-state index contributed by atoms with van der Waals surface area (Å²) in [6.07, 6.45) is 0. The minimum atomic E-state index is 0.472. The zero-order valence-electron chi connectivity index (χ0n) is 1.81. The summed E-state index contributed by atoms with van der Waals surface area (Å²) in [6.45, 7) is 0. The first kappa shape index (κ1) is 9.16. The Kier molecular flexibility index (Phi) is 52.6. The Balaban J connectivity index is 0. The van der Waals surface area contributed by atoms with Gasteiger partial charge in [-0.05, 0) is 0 Å². The van der Waals surface area contributed by atoms with E-state index in [1.54, 1.807) is 0 Å². The molecular formula is AlEuNO. The molecule has 0 heterocycles. The van der Waals surface area contributed by atoms with Crippen molar-refractivity contribution in [3.63, 3.8) is 0 Å². The molecule has 4 heavy (non-hydrogen) atoms. The molecule has 0 amide bonds. The Hall–Kier alpha value is 1.63. The van der Waals surface area contributed by atoms with Crippen molar-refractivity contribution in [3.8, 4) is 0 Å². The molecule has 0 aromatic heterocycles. The normalized spacial score (nSPS) is 2.25. The molecule has 0 aromatic rings. The van der Waals surface area contributed by atoms with Crippen LogP contribution < -0.4 is 0 Å². The number of hydrogen-bond donors (Lipinski definition) is 0. The van der Waals surface area contributed by atoms with E-state index in [2.05, 4.69) is 0 Å². The fraction of sp³-hybridized carbons (Fsp3) is 0. The second-order valence-electron chi connectivity index (χ2n) is 0. The van der Waals surface area contributed by atoms with Crippen LogP contribution >= 0.6 is 0 Å². The number of rotatable bonds is 0. The first-order valence-electron chi connectivity index (χ1n) is 0.413. The summed E-state index contributed by atoms with van der Waals surface area (Å²) >= 11 is 1.89. The zero-order valence-corrected chi connectivity index (χ0v) is 5.39. The summed E-state index contributed by atoms with van der Waals surface area (Å²) in [5, 5.41) is 0. The van der Waals surface area contributed by atoms with Crippen LogP contribution in [0.1, 0.15) is 0 Å². The van der Waals surface area contributed by atoms with Crippen molar-refractivity contribution in [2.75, 3.05) is 0 Å². The molecule has 0 radical (unpaired) electrons. The first-order valence-corrected chi connectivity index (χ1v) is 1.92. The summed E-state index contributed by atoms with van der Waals surface area (Å²) < 4.78 is 15.2. The van der Waals surface area contributed by atoms with E-state index in [1.807, 2.05) is 0 Å². The third-order valence-corrected chi connectivity index (χ3v) is 0. The predicted molar refractivity (Wildman–Crippen MR) is 8.17 cm³/mol. The Bertz CT molecular complexity index is 19.2. The number of nitrogens with zero attached hydrogens (tertiary/aromatic N) is 1. The molecular weight excluding hydrogens is 209 g/mol. The molecule has 0 aliphatic heterocycles. The van der Waals surface area contributed by atoms with Crippen LogP contribution in [0.15, 0.2) is 0 Å². The second-order valence-corrected chi connectivity index (χ2v) is 0. The standard InChI is InChI=1S/Al.Eu.N.O. The van der Waals surface area contributed by atoms with Crippen LogP contribution in [-0.2, 0) is -0.0232 Å². The van der Waals surface area contributed by atoms with E-state index < -0.39 is 0 Å². The van der Waals surface area contributed by atoms with Crippen molar-refractivity contribution < 1.29 is 47.2 Å². The molecule has 0 atom stereocenters. The molecule has 0 saturated heterocycles. The van der Waals surface area contributed by atoms with Gasteiger partial charge in [-0.15, -0.1) is 0 Å². The van der Waals surface area contributed by atoms with E-state index in [4.69, 9.17) is 4.14 Å². The van der Waals surface area contributed by atoms with Crippen LogP contribution in [0.5, 0.6) is 0 Å². The minimum absolute atomic E-state index is 0.472. The molecule has 0 rings (SSSR count). The van der Waals surface area contributed by atoms with Crippen LogP contribution in [0.3, 0.4) is 0 Å². The molecule has 2 nitrogen and oxygen atoms in total. The van der Waals surface area contributed by atoms with Gasteiger partial charge in [0.15, 0.2) is 0 Å². The molecule has 0 fully saturated rings. The molecule has 21 valence electrons. The zero-order chi connectivity index (χ0) is 4.00. The molecule has 0 saturated carbocycles. The maximum atomic E-state index is 8.31. The van der Waals surface area contributed by atoms with Gasteiger partial charge in [0.05, 0.1) is 0 Å². The molecule has 4 heteroatoms. The summed E-state index contributed by atoms with van der Waals surface area (Å²) in [5.74, 6) is 0. The number of hydrogen-bond acceptors (Lipinski definition) is 2. The van der Waals surface area contributed by atoms with E-state index >= 15 is 0 Å². The third kappa shape index (κ3) is 9.46. The van der Waals surface area contributed by atoms with Crippen LogP contribution in [-0.4, -0.2) is 15.9 Å².